The topological polar surface area (TPSA) is 47.8 Å². The van der Waals surface area contributed by atoms with Crippen LogP contribution in [0.3, 0.4) is 0 Å². The number of rotatable bonds is 3. The number of likely N-dealkylation sites (tertiary alicyclic amines) is 1. The van der Waals surface area contributed by atoms with Gasteiger partial charge < -0.3 is 9.64 Å². The number of Topliss-reactive ketones (excluding diaryl/α,β-unsaturated/α-hetero) is 1. The Hall–Kier alpha value is -0.900. The summed E-state index contributed by atoms with van der Waals surface area (Å²) in [5.41, 5.74) is 0. The molecule has 2 unspecified atom stereocenters. The third-order valence-corrected chi connectivity index (χ3v) is 2.68. The number of carbonyl (C=O) groups excluding carboxylic acids is 2. The molecular weight excluding hydrogens is 182 g/mol. The van der Waals surface area contributed by atoms with Gasteiger partial charge >= 0.3 is 5.97 Å². The average molecular weight is 200 g/mol. The zero-order chi connectivity index (χ0) is 10.6. The molecule has 1 saturated heterocycles. The molecule has 0 bridgehead atoms. The lowest BCUT2D eigenvalue weighted by Crippen LogP contribution is -3.14. The van der Waals surface area contributed by atoms with Crippen LogP contribution in [0.25, 0.3) is 0 Å². The molecule has 0 saturated carbocycles. The monoisotopic (exact) mass is 200 g/mol. The number of hydrogen-bond acceptors (Lipinski definition) is 3. The highest BCUT2D eigenvalue weighted by molar-refractivity contribution is 5.99. The maximum Gasteiger partial charge on any atom is 0.322 e. The Kier molecular flexibility index (Phi) is 4.07. The summed E-state index contributed by atoms with van der Waals surface area (Å²) in [4.78, 5) is 24.2. The van der Waals surface area contributed by atoms with Gasteiger partial charge in [-0.05, 0) is 13.8 Å². The standard InChI is InChI=1S/C10H17NO3/c1-3-11-6-5-9(12)8(7-11)10(13)14-4-2/h8H,3-7H2,1-2H3/p+1. The van der Waals surface area contributed by atoms with Crippen LogP contribution < -0.4 is 4.90 Å². The molecule has 0 aliphatic carbocycles. The lowest BCUT2D eigenvalue weighted by Gasteiger charge is -2.26. The summed E-state index contributed by atoms with van der Waals surface area (Å²) in [6.45, 7) is 6.59. The van der Waals surface area contributed by atoms with E-state index in [0.717, 1.165) is 13.1 Å². The fourth-order valence-corrected chi connectivity index (χ4v) is 1.76. The molecule has 2 atom stereocenters. The van der Waals surface area contributed by atoms with Gasteiger partial charge in [-0.1, -0.05) is 0 Å². The molecule has 14 heavy (non-hydrogen) atoms. The second-order valence-electron chi connectivity index (χ2n) is 3.58. The van der Waals surface area contributed by atoms with Gasteiger partial charge in [0.25, 0.3) is 0 Å². The fourth-order valence-electron chi connectivity index (χ4n) is 1.76. The molecule has 0 spiro atoms. The number of piperidine rings is 1. The van der Waals surface area contributed by atoms with Crippen LogP contribution in [-0.2, 0) is 14.3 Å². The van der Waals surface area contributed by atoms with E-state index in [1.807, 2.05) is 0 Å². The van der Waals surface area contributed by atoms with E-state index in [4.69, 9.17) is 4.74 Å². The first-order chi connectivity index (χ1) is 6.69. The average Bonchev–Trinajstić information content (AvgIpc) is 2.19. The predicted octanol–water partition coefficient (Wildman–Crippen LogP) is -0.957. The number of carbonyl (C=O) groups is 2. The Morgan fingerprint density at radius 3 is 2.86 bits per heavy atom. The van der Waals surface area contributed by atoms with Crippen molar-refractivity contribution in [2.45, 2.75) is 20.3 Å². The van der Waals surface area contributed by atoms with Gasteiger partial charge in [0.1, 0.15) is 0 Å². The Morgan fingerprint density at radius 1 is 1.57 bits per heavy atom. The smallest absolute Gasteiger partial charge is 0.322 e. The minimum atomic E-state index is -0.515. The Bertz CT molecular complexity index is 227. The molecule has 0 aromatic heterocycles. The molecule has 1 heterocycles. The molecule has 80 valence electrons. The number of quaternary nitrogens is 1. The Labute approximate surface area is 84.2 Å². The van der Waals surface area contributed by atoms with E-state index in [2.05, 4.69) is 6.92 Å². The predicted molar refractivity (Wildman–Crippen MR) is 51.0 cm³/mol. The van der Waals surface area contributed by atoms with Gasteiger partial charge in [0.15, 0.2) is 11.7 Å². The van der Waals surface area contributed by atoms with Crippen LogP contribution in [-0.4, -0.2) is 38.0 Å². The highest BCUT2D eigenvalue weighted by Crippen LogP contribution is 2.05. The zero-order valence-electron chi connectivity index (χ0n) is 8.84. The summed E-state index contributed by atoms with van der Waals surface area (Å²) in [5.74, 6) is -0.817. The second kappa shape index (κ2) is 5.10. The van der Waals surface area contributed by atoms with E-state index >= 15 is 0 Å². The Balaban J connectivity index is 2.56. The van der Waals surface area contributed by atoms with E-state index in [1.165, 1.54) is 4.90 Å². The van der Waals surface area contributed by atoms with E-state index < -0.39 is 5.92 Å². The summed E-state index contributed by atoms with van der Waals surface area (Å²) in [6, 6.07) is 0. The lowest BCUT2D eigenvalue weighted by molar-refractivity contribution is -0.901. The van der Waals surface area contributed by atoms with Crippen molar-refractivity contribution < 1.29 is 19.2 Å². The first-order valence-corrected chi connectivity index (χ1v) is 5.22. The number of ether oxygens (including phenoxy) is 1. The van der Waals surface area contributed by atoms with Crippen molar-refractivity contribution in [3.8, 4) is 0 Å². The summed E-state index contributed by atoms with van der Waals surface area (Å²) in [7, 11) is 0. The molecule has 4 nitrogen and oxygen atoms in total. The SMILES string of the molecule is CCOC(=O)C1C[NH+](CC)CCC1=O. The third-order valence-electron chi connectivity index (χ3n) is 2.68. The van der Waals surface area contributed by atoms with E-state index in [-0.39, 0.29) is 11.8 Å². The molecule has 0 radical (unpaired) electrons. The van der Waals surface area contributed by atoms with Crippen LogP contribution in [0.4, 0.5) is 0 Å². The lowest BCUT2D eigenvalue weighted by atomic mass is 9.97. The van der Waals surface area contributed by atoms with Gasteiger partial charge in [-0.2, -0.15) is 0 Å². The maximum absolute atomic E-state index is 11.5. The van der Waals surface area contributed by atoms with Crippen LogP contribution in [0.2, 0.25) is 0 Å². The number of ketones is 1. The fraction of sp³-hybridized carbons (Fsp3) is 0.800. The van der Waals surface area contributed by atoms with Gasteiger partial charge in [0.2, 0.25) is 0 Å². The van der Waals surface area contributed by atoms with Crippen LogP contribution >= 0.6 is 0 Å². The summed E-state index contributed by atoms with van der Waals surface area (Å²) in [5, 5.41) is 0. The van der Waals surface area contributed by atoms with Crippen molar-refractivity contribution in [2.24, 2.45) is 5.92 Å². The van der Waals surface area contributed by atoms with Crippen molar-refractivity contribution in [3.05, 3.63) is 0 Å². The quantitative estimate of drug-likeness (QED) is 0.472. The summed E-state index contributed by atoms with van der Waals surface area (Å²) >= 11 is 0. The van der Waals surface area contributed by atoms with Crippen molar-refractivity contribution in [1.82, 2.24) is 0 Å². The van der Waals surface area contributed by atoms with Crippen LogP contribution in [0, 0.1) is 5.92 Å². The first-order valence-electron chi connectivity index (χ1n) is 5.22. The molecule has 1 aliphatic rings. The minimum absolute atomic E-state index is 0.0423. The van der Waals surface area contributed by atoms with Crippen molar-refractivity contribution in [2.75, 3.05) is 26.2 Å². The van der Waals surface area contributed by atoms with Gasteiger partial charge in [-0.15, -0.1) is 0 Å². The van der Waals surface area contributed by atoms with Gasteiger partial charge in [0.05, 0.1) is 32.7 Å². The van der Waals surface area contributed by atoms with Crippen LogP contribution in [0.1, 0.15) is 20.3 Å². The molecular formula is C10H18NO3+. The molecule has 1 fully saturated rings. The van der Waals surface area contributed by atoms with Crippen molar-refractivity contribution >= 4 is 11.8 Å². The van der Waals surface area contributed by atoms with Crippen LogP contribution in [0.5, 0.6) is 0 Å². The van der Waals surface area contributed by atoms with Crippen molar-refractivity contribution in [1.29, 1.82) is 0 Å². The second-order valence-corrected chi connectivity index (χ2v) is 3.58. The highest BCUT2D eigenvalue weighted by Gasteiger charge is 2.35. The van der Waals surface area contributed by atoms with Gasteiger partial charge in [-0.3, -0.25) is 9.59 Å². The van der Waals surface area contributed by atoms with E-state index in [1.54, 1.807) is 6.92 Å². The third kappa shape index (κ3) is 2.54. The zero-order valence-corrected chi connectivity index (χ0v) is 8.84. The molecule has 0 amide bonds. The molecule has 1 aliphatic heterocycles. The summed E-state index contributed by atoms with van der Waals surface area (Å²) < 4.78 is 4.87. The molecule has 0 aromatic rings. The van der Waals surface area contributed by atoms with E-state index in [0.29, 0.717) is 19.6 Å². The molecule has 1 N–H and O–H groups in total. The maximum atomic E-state index is 11.5. The van der Waals surface area contributed by atoms with E-state index in [9.17, 15) is 9.59 Å². The number of esters is 1. The molecule has 4 heteroatoms. The highest BCUT2D eigenvalue weighted by atomic mass is 16.5. The van der Waals surface area contributed by atoms with Crippen molar-refractivity contribution in [3.63, 3.8) is 0 Å². The molecule has 1 rings (SSSR count). The van der Waals surface area contributed by atoms with Gasteiger partial charge in [0, 0.05) is 0 Å². The number of hydrogen-bond donors (Lipinski definition) is 1. The van der Waals surface area contributed by atoms with Crippen LogP contribution in [0.15, 0.2) is 0 Å². The summed E-state index contributed by atoms with van der Waals surface area (Å²) in [6.07, 6.45) is 0.507. The largest absolute Gasteiger partial charge is 0.465 e. The van der Waals surface area contributed by atoms with Gasteiger partial charge in [-0.25, -0.2) is 0 Å². The minimum Gasteiger partial charge on any atom is -0.465 e. The first kappa shape index (κ1) is 11.2. The number of nitrogens with one attached hydrogen (secondary N) is 1. The Morgan fingerprint density at radius 2 is 2.29 bits per heavy atom. The normalized spacial score (nSPS) is 27.4. The molecule has 0 aromatic carbocycles.